The van der Waals surface area contributed by atoms with E-state index in [9.17, 15) is 10.2 Å². The third-order valence-corrected chi connectivity index (χ3v) is 4.23. The van der Waals surface area contributed by atoms with Gasteiger partial charge in [0.2, 0.25) is 0 Å². The molecule has 0 unspecified atom stereocenters. The molecular formula is C16H25NO2. The second-order valence-corrected chi connectivity index (χ2v) is 5.91. The summed E-state index contributed by atoms with van der Waals surface area (Å²) in [6, 6.07) is 4.99. The molecule has 2 rings (SSSR count). The summed E-state index contributed by atoms with van der Waals surface area (Å²) in [6.45, 7) is 4.13. The van der Waals surface area contributed by atoms with Crippen molar-refractivity contribution in [3.63, 3.8) is 0 Å². The van der Waals surface area contributed by atoms with Gasteiger partial charge in [0.05, 0.1) is 0 Å². The Labute approximate surface area is 115 Å². The molecule has 1 aliphatic rings. The molecule has 0 saturated heterocycles. The highest BCUT2D eigenvalue weighted by atomic mass is 16.3. The lowest BCUT2D eigenvalue weighted by Gasteiger charge is -2.26. The Balaban J connectivity index is 1.65. The molecule has 3 nitrogen and oxygen atoms in total. The Morgan fingerprint density at radius 2 is 1.84 bits per heavy atom. The lowest BCUT2D eigenvalue weighted by Crippen LogP contribution is -2.20. The van der Waals surface area contributed by atoms with Crippen LogP contribution in [0.5, 0.6) is 11.5 Å². The molecule has 0 atom stereocenters. The van der Waals surface area contributed by atoms with Crippen LogP contribution in [-0.4, -0.2) is 16.8 Å². The maximum absolute atomic E-state index is 9.41. The van der Waals surface area contributed by atoms with Gasteiger partial charge in [0.25, 0.3) is 0 Å². The fourth-order valence-electron chi connectivity index (χ4n) is 2.84. The van der Waals surface area contributed by atoms with Gasteiger partial charge in [-0.25, -0.2) is 0 Å². The molecule has 0 spiro atoms. The number of benzene rings is 1. The molecule has 0 bridgehead atoms. The second-order valence-electron chi connectivity index (χ2n) is 5.91. The Morgan fingerprint density at radius 1 is 1.11 bits per heavy atom. The van der Waals surface area contributed by atoms with Crippen LogP contribution in [0.25, 0.3) is 0 Å². The zero-order valence-electron chi connectivity index (χ0n) is 11.7. The van der Waals surface area contributed by atoms with Crippen molar-refractivity contribution >= 4 is 0 Å². The zero-order valence-corrected chi connectivity index (χ0v) is 11.7. The number of phenolic OH excluding ortho intramolecular Hbond substituents is 2. The Hall–Kier alpha value is -1.22. The summed E-state index contributed by atoms with van der Waals surface area (Å²) < 4.78 is 0. The van der Waals surface area contributed by atoms with Gasteiger partial charge in [-0.15, -0.1) is 0 Å². The van der Waals surface area contributed by atoms with Gasteiger partial charge < -0.3 is 15.5 Å². The molecule has 0 radical (unpaired) electrons. The first kappa shape index (κ1) is 14.2. The number of aromatic hydroxyl groups is 2. The van der Waals surface area contributed by atoms with Crippen LogP contribution in [0, 0.1) is 11.8 Å². The molecule has 19 heavy (non-hydrogen) atoms. The third-order valence-electron chi connectivity index (χ3n) is 4.23. The highest BCUT2D eigenvalue weighted by Crippen LogP contribution is 2.30. The van der Waals surface area contributed by atoms with Crippen LogP contribution in [0.2, 0.25) is 0 Å². The summed E-state index contributed by atoms with van der Waals surface area (Å²) in [5.41, 5.74) is 1.01. The Bertz CT molecular complexity index is 398. The molecule has 1 aromatic rings. The van der Waals surface area contributed by atoms with Gasteiger partial charge in [0, 0.05) is 6.54 Å². The fourth-order valence-corrected chi connectivity index (χ4v) is 2.84. The van der Waals surface area contributed by atoms with E-state index < -0.39 is 0 Å². The van der Waals surface area contributed by atoms with Crippen LogP contribution >= 0.6 is 0 Å². The highest BCUT2D eigenvalue weighted by Gasteiger charge is 2.17. The van der Waals surface area contributed by atoms with Crippen molar-refractivity contribution in [1.82, 2.24) is 5.32 Å². The number of phenols is 2. The quantitative estimate of drug-likeness (QED) is 0.563. The summed E-state index contributed by atoms with van der Waals surface area (Å²) in [5.74, 6) is 1.71. The van der Waals surface area contributed by atoms with Crippen molar-refractivity contribution in [2.24, 2.45) is 11.8 Å². The van der Waals surface area contributed by atoms with E-state index in [-0.39, 0.29) is 11.5 Å². The van der Waals surface area contributed by atoms with Gasteiger partial charge in [0.1, 0.15) is 0 Å². The average Bonchev–Trinajstić information content (AvgIpc) is 2.41. The monoisotopic (exact) mass is 263 g/mol. The second kappa shape index (κ2) is 6.80. The van der Waals surface area contributed by atoms with Crippen molar-refractivity contribution in [2.75, 3.05) is 6.54 Å². The zero-order chi connectivity index (χ0) is 13.7. The van der Waals surface area contributed by atoms with E-state index in [1.165, 1.54) is 38.2 Å². The summed E-state index contributed by atoms with van der Waals surface area (Å²) in [4.78, 5) is 0. The fraction of sp³-hybridized carbons (Fsp3) is 0.625. The van der Waals surface area contributed by atoms with E-state index >= 15 is 0 Å². The average molecular weight is 263 g/mol. The molecule has 0 aromatic heterocycles. The van der Waals surface area contributed by atoms with E-state index in [1.807, 2.05) is 6.07 Å². The van der Waals surface area contributed by atoms with Crippen molar-refractivity contribution < 1.29 is 10.2 Å². The number of rotatable bonds is 5. The van der Waals surface area contributed by atoms with Gasteiger partial charge in [-0.05, 0) is 42.5 Å². The molecule has 0 amide bonds. The molecule has 106 valence electrons. The van der Waals surface area contributed by atoms with E-state index in [2.05, 4.69) is 12.2 Å². The molecule has 0 aliphatic heterocycles. The van der Waals surface area contributed by atoms with Crippen molar-refractivity contribution in [1.29, 1.82) is 0 Å². The first-order valence-corrected chi connectivity index (χ1v) is 7.36. The first-order valence-electron chi connectivity index (χ1n) is 7.36. The van der Waals surface area contributed by atoms with E-state index in [1.54, 1.807) is 6.07 Å². The summed E-state index contributed by atoms with van der Waals surface area (Å²) >= 11 is 0. The van der Waals surface area contributed by atoms with Gasteiger partial charge in [-0.3, -0.25) is 0 Å². The maximum atomic E-state index is 9.41. The summed E-state index contributed by atoms with van der Waals surface area (Å²) in [7, 11) is 0. The minimum Gasteiger partial charge on any atom is -0.504 e. The summed E-state index contributed by atoms with van der Waals surface area (Å²) in [6.07, 6.45) is 6.77. The predicted molar refractivity (Wildman–Crippen MR) is 77.2 cm³/mol. The summed E-state index contributed by atoms with van der Waals surface area (Å²) in [5, 5.41) is 22.1. The van der Waals surface area contributed by atoms with Gasteiger partial charge in [0.15, 0.2) is 11.5 Å². The van der Waals surface area contributed by atoms with Crippen molar-refractivity contribution in [3.05, 3.63) is 23.8 Å². The third kappa shape index (κ3) is 4.43. The minimum atomic E-state index is -0.0555. The van der Waals surface area contributed by atoms with Crippen LogP contribution in [0.15, 0.2) is 18.2 Å². The molecule has 3 N–H and O–H groups in total. The minimum absolute atomic E-state index is 0.0411. The largest absolute Gasteiger partial charge is 0.504 e. The highest BCUT2D eigenvalue weighted by molar-refractivity contribution is 5.40. The van der Waals surface area contributed by atoms with Gasteiger partial charge in [-0.2, -0.15) is 0 Å². The molecule has 1 aliphatic carbocycles. The molecule has 3 heteroatoms. The molecule has 0 heterocycles. The lowest BCUT2D eigenvalue weighted by atomic mass is 9.81. The lowest BCUT2D eigenvalue weighted by molar-refractivity contribution is 0.275. The topological polar surface area (TPSA) is 52.5 Å². The van der Waals surface area contributed by atoms with Crippen LogP contribution in [0.1, 0.15) is 44.6 Å². The maximum Gasteiger partial charge on any atom is 0.157 e. The number of hydrogen-bond donors (Lipinski definition) is 3. The molecular weight excluding hydrogens is 238 g/mol. The first-order chi connectivity index (χ1) is 9.15. The number of nitrogens with one attached hydrogen (secondary N) is 1. The Kier molecular flexibility index (Phi) is 5.08. The van der Waals surface area contributed by atoms with Crippen molar-refractivity contribution in [3.8, 4) is 11.5 Å². The molecule has 1 fully saturated rings. The van der Waals surface area contributed by atoms with Crippen LogP contribution < -0.4 is 5.32 Å². The molecule has 1 aromatic carbocycles. The van der Waals surface area contributed by atoms with Crippen LogP contribution in [0.4, 0.5) is 0 Å². The van der Waals surface area contributed by atoms with E-state index in [0.717, 1.165) is 30.5 Å². The normalized spacial score (nSPS) is 23.4. The van der Waals surface area contributed by atoms with E-state index in [0.29, 0.717) is 0 Å². The van der Waals surface area contributed by atoms with Crippen LogP contribution in [-0.2, 0) is 6.54 Å². The SMILES string of the molecule is CC1CCC(CCNCc2ccc(O)c(O)c2)CC1. The van der Waals surface area contributed by atoms with Crippen LogP contribution in [0.3, 0.4) is 0 Å². The smallest absolute Gasteiger partial charge is 0.157 e. The predicted octanol–water partition coefficient (Wildman–Crippen LogP) is 3.40. The molecule has 1 saturated carbocycles. The van der Waals surface area contributed by atoms with Gasteiger partial charge >= 0.3 is 0 Å². The number of hydrogen-bond acceptors (Lipinski definition) is 3. The van der Waals surface area contributed by atoms with Crippen molar-refractivity contribution in [2.45, 2.75) is 45.6 Å². The van der Waals surface area contributed by atoms with Gasteiger partial charge in [-0.1, -0.05) is 38.7 Å². The van der Waals surface area contributed by atoms with E-state index in [4.69, 9.17) is 0 Å². The standard InChI is InChI=1S/C16H25NO2/c1-12-2-4-13(5-3-12)8-9-17-11-14-6-7-15(18)16(19)10-14/h6-7,10,12-13,17-19H,2-5,8-9,11H2,1H3. The Morgan fingerprint density at radius 3 is 2.53 bits per heavy atom.